The van der Waals surface area contributed by atoms with E-state index in [9.17, 15) is 13.5 Å². The largest absolute Gasteiger partial charge is 0.508 e. The van der Waals surface area contributed by atoms with Crippen LogP contribution in [0.2, 0.25) is 0 Å². The second-order valence-corrected chi connectivity index (χ2v) is 9.57. The van der Waals surface area contributed by atoms with Crippen LogP contribution in [0.3, 0.4) is 0 Å². The molecule has 34 heavy (non-hydrogen) atoms. The smallest absolute Gasteiger partial charge is 0.268 e. The number of aromatic hydroxyl groups is 1. The number of nitrogens with two attached hydrogens (primary N) is 1. The van der Waals surface area contributed by atoms with Crippen molar-refractivity contribution in [3.8, 4) is 16.9 Å². The SMILES string of the molecule is Nc1ccc(S(=O)(=O)N(c2ccccc2)c2ccnc3ccc(-c4ccc(O)cc4)cc23)cc1. The van der Waals surface area contributed by atoms with Crippen LogP contribution >= 0.6 is 0 Å². The molecule has 0 amide bonds. The Morgan fingerprint density at radius 3 is 2.15 bits per heavy atom. The van der Waals surface area contributed by atoms with Gasteiger partial charge in [0.2, 0.25) is 0 Å². The fraction of sp³-hybridized carbons (Fsp3) is 0. The lowest BCUT2D eigenvalue weighted by Gasteiger charge is -2.26. The third kappa shape index (κ3) is 3.93. The molecule has 0 aliphatic heterocycles. The molecule has 1 aromatic heterocycles. The van der Waals surface area contributed by atoms with Gasteiger partial charge in [0.1, 0.15) is 5.75 Å². The Kier molecular flexibility index (Phi) is 5.39. The molecule has 0 saturated carbocycles. The van der Waals surface area contributed by atoms with E-state index in [1.165, 1.54) is 16.4 Å². The molecule has 5 rings (SSSR count). The first-order valence-electron chi connectivity index (χ1n) is 10.6. The number of phenols is 1. The number of phenolic OH excluding ortho intramolecular Hbond substituents is 1. The molecule has 1 heterocycles. The molecule has 7 heteroatoms. The van der Waals surface area contributed by atoms with Gasteiger partial charge in [0.05, 0.1) is 21.8 Å². The molecule has 3 N–H and O–H groups in total. The molecule has 0 aliphatic carbocycles. The molecule has 0 radical (unpaired) electrons. The maximum Gasteiger partial charge on any atom is 0.268 e. The summed E-state index contributed by atoms with van der Waals surface area (Å²) >= 11 is 0. The molecule has 0 bridgehead atoms. The van der Waals surface area contributed by atoms with Crippen LogP contribution in [-0.2, 0) is 10.0 Å². The van der Waals surface area contributed by atoms with E-state index in [0.29, 0.717) is 28.0 Å². The lowest BCUT2D eigenvalue weighted by atomic mass is 10.0. The highest BCUT2D eigenvalue weighted by atomic mass is 32.2. The van der Waals surface area contributed by atoms with Crippen molar-refractivity contribution in [3.63, 3.8) is 0 Å². The van der Waals surface area contributed by atoms with Crippen LogP contribution in [0, 0.1) is 0 Å². The third-order valence-electron chi connectivity index (χ3n) is 5.55. The first-order chi connectivity index (χ1) is 16.4. The van der Waals surface area contributed by atoms with Crippen LogP contribution in [0.15, 0.2) is 114 Å². The number of rotatable bonds is 5. The van der Waals surface area contributed by atoms with Gasteiger partial charge in [-0.1, -0.05) is 36.4 Å². The van der Waals surface area contributed by atoms with E-state index < -0.39 is 10.0 Å². The van der Waals surface area contributed by atoms with Crippen molar-refractivity contribution in [1.82, 2.24) is 4.98 Å². The van der Waals surface area contributed by atoms with E-state index in [0.717, 1.165) is 11.1 Å². The number of hydrogen-bond donors (Lipinski definition) is 2. The van der Waals surface area contributed by atoms with Crippen LogP contribution in [0.4, 0.5) is 17.1 Å². The molecule has 168 valence electrons. The minimum Gasteiger partial charge on any atom is -0.508 e. The number of fused-ring (bicyclic) bond motifs is 1. The Morgan fingerprint density at radius 2 is 1.44 bits per heavy atom. The first-order valence-corrected chi connectivity index (χ1v) is 12.0. The molecular formula is C27H21N3O3S. The van der Waals surface area contributed by atoms with E-state index in [4.69, 9.17) is 5.73 Å². The Labute approximate surface area is 197 Å². The van der Waals surface area contributed by atoms with Gasteiger partial charge in [-0.15, -0.1) is 0 Å². The van der Waals surface area contributed by atoms with Crippen molar-refractivity contribution in [2.24, 2.45) is 0 Å². The Bertz CT molecular complexity index is 1570. The number of aromatic nitrogens is 1. The highest BCUT2D eigenvalue weighted by Gasteiger charge is 2.28. The van der Waals surface area contributed by atoms with Gasteiger partial charge in [-0.3, -0.25) is 4.98 Å². The quantitative estimate of drug-likeness (QED) is 0.323. The molecule has 0 spiro atoms. The zero-order chi connectivity index (χ0) is 23.7. The van der Waals surface area contributed by atoms with Crippen LogP contribution in [-0.4, -0.2) is 18.5 Å². The van der Waals surface area contributed by atoms with E-state index in [-0.39, 0.29) is 10.6 Å². The molecular weight excluding hydrogens is 446 g/mol. The number of nitrogens with zero attached hydrogens (tertiary/aromatic N) is 2. The summed E-state index contributed by atoms with van der Waals surface area (Å²) in [4.78, 5) is 4.59. The molecule has 6 nitrogen and oxygen atoms in total. The summed E-state index contributed by atoms with van der Waals surface area (Å²) in [6.07, 6.45) is 1.60. The Balaban J connectivity index is 1.75. The maximum absolute atomic E-state index is 13.9. The van der Waals surface area contributed by atoms with Crippen LogP contribution in [0.5, 0.6) is 5.75 Å². The summed E-state index contributed by atoms with van der Waals surface area (Å²) in [5, 5.41) is 10.3. The number of benzene rings is 4. The minimum atomic E-state index is -3.98. The molecule has 0 unspecified atom stereocenters. The predicted molar refractivity (Wildman–Crippen MR) is 135 cm³/mol. The molecule has 0 aliphatic rings. The second kappa shape index (κ2) is 8.53. The number of sulfonamides is 1. The van der Waals surface area contributed by atoms with Crippen molar-refractivity contribution in [2.45, 2.75) is 4.90 Å². The molecule has 0 fully saturated rings. The lowest BCUT2D eigenvalue weighted by Crippen LogP contribution is -2.26. The van der Waals surface area contributed by atoms with Gasteiger partial charge in [-0.25, -0.2) is 12.7 Å². The van der Waals surface area contributed by atoms with Crippen LogP contribution in [0.25, 0.3) is 22.0 Å². The topological polar surface area (TPSA) is 96.5 Å². The van der Waals surface area contributed by atoms with Crippen molar-refractivity contribution in [3.05, 3.63) is 109 Å². The number of hydrogen-bond acceptors (Lipinski definition) is 5. The van der Waals surface area contributed by atoms with E-state index in [2.05, 4.69) is 4.98 Å². The van der Waals surface area contributed by atoms with Gasteiger partial charge >= 0.3 is 0 Å². The zero-order valence-electron chi connectivity index (χ0n) is 18.0. The van der Waals surface area contributed by atoms with Gasteiger partial charge in [-0.2, -0.15) is 0 Å². The maximum atomic E-state index is 13.9. The van der Waals surface area contributed by atoms with Crippen molar-refractivity contribution in [2.75, 3.05) is 10.0 Å². The minimum absolute atomic E-state index is 0.130. The highest BCUT2D eigenvalue weighted by molar-refractivity contribution is 7.93. The molecule has 0 atom stereocenters. The van der Waals surface area contributed by atoms with E-state index >= 15 is 0 Å². The summed E-state index contributed by atoms with van der Waals surface area (Å²) in [6.45, 7) is 0. The van der Waals surface area contributed by atoms with Crippen molar-refractivity contribution in [1.29, 1.82) is 0 Å². The van der Waals surface area contributed by atoms with Crippen molar-refractivity contribution < 1.29 is 13.5 Å². The summed E-state index contributed by atoms with van der Waals surface area (Å²) in [6, 6.07) is 29.4. The molecule has 0 saturated heterocycles. The molecule has 5 aromatic rings. The predicted octanol–water partition coefficient (Wildman–Crippen LogP) is 5.72. The van der Waals surface area contributed by atoms with E-state index in [1.54, 1.807) is 60.8 Å². The Hall–Kier alpha value is -4.36. The third-order valence-corrected chi connectivity index (χ3v) is 7.30. The number of nitrogen functional groups attached to an aromatic ring is 1. The fourth-order valence-corrected chi connectivity index (χ4v) is 5.37. The highest BCUT2D eigenvalue weighted by Crippen LogP contribution is 2.38. The normalized spacial score (nSPS) is 11.4. The van der Waals surface area contributed by atoms with Crippen LogP contribution < -0.4 is 10.0 Å². The van der Waals surface area contributed by atoms with Gasteiger partial charge in [0.25, 0.3) is 10.0 Å². The Morgan fingerprint density at radius 1 is 0.765 bits per heavy atom. The first kappa shape index (κ1) is 21.5. The monoisotopic (exact) mass is 467 g/mol. The van der Waals surface area contributed by atoms with E-state index in [1.807, 2.05) is 36.4 Å². The summed E-state index contributed by atoms with van der Waals surface area (Å²) in [7, 11) is -3.98. The van der Waals surface area contributed by atoms with Gasteiger partial charge in [-0.05, 0) is 77.9 Å². The zero-order valence-corrected chi connectivity index (χ0v) is 18.9. The van der Waals surface area contributed by atoms with Crippen LogP contribution in [0.1, 0.15) is 0 Å². The standard InChI is InChI=1S/C27H21N3O3S/c28-21-9-13-24(14-10-21)34(32,33)30(22-4-2-1-3-5-22)27-16-17-29-26-15-8-20(18-25(26)27)19-6-11-23(31)12-7-19/h1-18,31H,28H2. The summed E-state index contributed by atoms with van der Waals surface area (Å²) in [5.41, 5.74) is 9.68. The molecule has 4 aromatic carbocycles. The summed E-state index contributed by atoms with van der Waals surface area (Å²) < 4.78 is 29.2. The fourth-order valence-electron chi connectivity index (χ4n) is 3.86. The summed E-state index contributed by atoms with van der Waals surface area (Å²) in [5.74, 6) is 0.178. The lowest BCUT2D eigenvalue weighted by molar-refractivity contribution is 0.475. The number of pyridine rings is 1. The van der Waals surface area contributed by atoms with Gasteiger partial charge in [0, 0.05) is 17.3 Å². The van der Waals surface area contributed by atoms with Crippen molar-refractivity contribution >= 4 is 38.0 Å². The number of anilines is 3. The average molecular weight is 468 g/mol. The number of para-hydroxylation sites is 1. The average Bonchev–Trinajstić information content (AvgIpc) is 2.85. The van der Waals surface area contributed by atoms with Gasteiger partial charge < -0.3 is 10.8 Å². The van der Waals surface area contributed by atoms with Gasteiger partial charge in [0.15, 0.2) is 0 Å². The second-order valence-electron chi connectivity index (χ2n) is 7.78.